The third-order valence-electron chi connectivity index (χ3n) is 5.55. The normalized spacial score (nSPS) is 19.2. The molecule has 2 unspecified atom stereocenters. The van der Waals surface area contributed by atoms with Gasteiger partial charge in [0.05, 0.1) is 25.1 Å². The van der Waals surface area contributed by atoms with E-state index in [1.807, 2.05) is 0 Å². The summed E-state index contributed by atoms with van der Waals surface area (Å²) in [7, 11) is 0. The molecule has 0 aromatic heterocycles. The van der Waals surface area contributed by atoms with Crippen molar-refractivity contribution in [1.29, 1.82) is 0 Å². The lowest BCUT2D eigenvalue weighted by Crippen LogP contribution is -2.60. The topological polar surface area (TPSA) is 204 Å². The number of esters is 1. The molecule has 15 heteroatoms. The summed E-state index contributed by atoms with van der Waals surface area (Å²) < 4.78 is 3.83. The number of amides is 5. The number of aliphatic carboxylic acids is 1. The van der Waals surface area contributed by atoms with Crippen LogP contribution in [0.1, 0.15) is 23.2 Å². The fourth-order valence-corrected chi connectivity index (χ4v) is 3.79. The summed E-state index contributed by atoms with van der Waals surface area (Å²) in [5, 5.41) is 22.1. The summed E-state index contributed by atoms with van der Waals surface area (Å²) in [5.41, 5.74) is 0.0896. The number of alkyl carbamates (subject to hydrolysis) is 1. The van der Waals surface area contributed by atoms with Gasteiger partial charge in [0, 0.05) is 19.5 Å². The lowest BCUT2D eigenvalue weighted by atomic mass is 10.2. The fraction of sp³-hybridized carbons (Fsp3) is 0.409. The van der Waals surface area contributed by atoms with Gasteiger partial charge in [-0.2, -0.15) is 4.48 Å². The number of carbonyl (C=O) groups excluding carboxylic acids is 5. The molecule has 0 saturated carbocycles. The quantitative estimate of drug-likeness (QED) is 0.0498. The van der Waals surface area contributed by atoms with Crippen molar-refractivity contribution in [3.8, 4) is 0 Å². The summed E-state index contributed by atoms with van der Waals surface area (Å²) in [6.07, 6.45) is -3.17. The molecule has 5 amide bonds. The number of imide groups is 1. The zero-order chi connectivity index (χ0) is 26.8. The van der Waals surface area contributed by atoms with Gasteiger partial charge >= 0.3 is 30.0 Å². The standard InChI is InChI=1S/C22H27N7O8/c30-16(13-29(17(31)12-26-21(29)35)10-4-7-23-20-24-8-9-25-20)27-15(11-18(32)33)28-22(36)37-19(34)14-5-2-1-3-6-14/h1-3,5-6,15H,4,7-13H2,(H5-,23,24,25,26,27,28,30,32,33,35,36)/p+1. The number of aliphatic imine (C=N–C) groups is 1. The molecule has 37 heavy (non-hydrogen) atoms. The van der Waals surface area contributed by atoms with Crippen LogP contribution in [0.5, 0.6) is 0 Å². The van der Waals surface area contributed by atoms with E-state index in [1.54, 1.807) is 18.2 Å². The minimum atomic E-state index is -1.48. The molecule has 0 bridgehead atoms. The molecule has 2 aliphatic heterocycles. The van der Waals surface area contributed by atoms with E-state index in [-0.39, 0.29) is 18.7 Å². The summed E-state index contributed by atoms with van der Waals surface area (Å²) in [4.78, 5) is 77.6. The molecule has 2 heterocycles. The number of urea groups is 1. The first-order valence-corrected chi connectivity index (χ1v) is 11.5. The highest BCUT2D eigenvalue weighted by Gasteiger charge is 2.51. The Labute approximate surface area is 211 Å². The number of carbonyl (C=O) groups is 6. The molecule has 2 aliphatic rings. The average Bonchev–Trinajstić information content (AvgIpc) is 3.46. The van der Waals surface area contributed by atoms with Crippen LogP contribution in [0.3, 0.4) is 0 Å². The summed E-state index contributed by atoms with van der Waals surface area (Å²) in [6.45, 7) is 0.880. The van der Waals surface area contributed by atoms with Crippen molar-refractivity contribution < 1.29 is 43.1 Å². The Morgan fingerprint density at radius 3 is 2.49 bits per heavy atom. The van der Waals surface area contributed by atoms with Gasteiger partial charge in [-0.15, -0.1) is 0 Å². The first-order chi connectivity index (χ1) is 17.7. The number of carboxylic acid groups (broad SMARTS) is 1. The zero-order valence-electron chi connectivity index (χ0n) is 19.8. The van der Waals surface area contributed by atoms with E-state index in [1.165, 1.54) is 12.1 Å². The van der Waals surface area contributed by atoms with Crippen LogP contribution >= 0.6 is 0 Å². The van der Waals surface area contributed by atoms with E-state index >= 15 is 0 Å². The predicted molar refractivity (Wildman–Crippen MR) is 126 cm³/mol. The van der Waals surface area contributed by atoms with E-state index < -0.39 is 59.5 Å². The van der Waals surface area contributed by atoms with Crippen molar-refractivity contribution in [2.24, 2.45) is 4.99 Å². The molecule has 1 saturated heterocycles. The van der Waals surface area contributed by atoms with Crippen molar-refractivity contribution >= 4 is 41.8 Å². The number of hydrogen-bond donors (Lipinski definition) is 6. The molecule has 1 aromatic rings. The number of guanidine groups is 1. The number of ether oxygens (including phenoxy) is 1. The summed E-state index contributed by atoms with van der Waals surface area (Å²) >= 11 is 0. The first-order valence-electron chi connectivity index (χ1n) is 11.5. The second kappa shape index (κ2) is 12.4. The number of hydrogen-bond acceptors (Lipinski definition) is 10. The van der Waals surface area contributed by atoms with Crippen molar-refractivity contribution in [2.45, 2.75) is 19.0 Å². The van der Waals surface area contributed by atoms with E-state index in [0.717, 1.165) is 0 Å². The number of nitrogens with zero attached hydrogens (tertiary/aromatic N) is 2. The molecule has 0 spiro atoms. The van der Waals surface area contributed by atoms with E-state index in [4.69, 9.17) is 5.11 Å². The Bertz CT molecular complexity index is 1080. The van der Waals surface area contributed by atoms with Crippen LogP contribution in [-0.2, 0) is 19.1 Å². The fourth-order valence-electron chi connectivity index (χ4n) is 3.79. The molecule has 6 N–H and O–H groups in total. The molecular formula is C22H28N7O8+. The molecule has 1 fully saturated rings. The lowest BCUT2D eigenvalue weighted by molar-refractivity contribution is -0.759. The Balaban J connectivity index is 1.59. The smallest absolute Gasteiger partial charge is 0.425 e. The minimum Gasteiger partial charge on any atom is -0.481 e. The molecular weight excluding hydrogens is 490 g/mol. The molecule has 15 nitrogen and oxygen atoms in total. The summed E-state index contributed by atoms with van der Waals surface area (Å²) in [6, 6.07) is 6.96. The van der Waals surface area contributed by atoms with Crippen molar-refractivity contribution in [1.82, 2.24) is 26.6 Å². The highest BCUT2D eigenvalue weighted by molar-refractivity contribution is 5.97. The molecule has 1 aromatic carbocycles. The molecule has 198 valence electrons. The van der Waals surface area contributed by atoms with Gasteiger partial charge in [0.2, 0.25) is 0 Å². The van der Waals surface area contributed by atoms with Gasteiger partial charge in [0.25, 0.3) is 5.91 Å². The Kier molecular flexibility index (Phi) is 9.10. The Morgan fingerprint density at radius 1 is 1.11 bits per heavy atom. The van der Waals surface area contributed by atoms with E-state index in [2.05, 4.69) is 36.3 Å². The molecule has 0 radical (unpaired) electrons. The monoisotopic (exact) mass is 518 g/mol. The highest BCUT2D eigenvalue weighted by atomic mass is 16.6. The van der Waals surface area contributed by atoms with Gasteiger partial charge in [-0.1, -0.05) is 18.2 Å². The number of carboxylic acids is 1. The van der Waals surface area contributed by atoms with Gasteiger partial charge in [0.1, 0.15) is 12.7 Å². The van der Waals surface area contributed by atoms with Gasteiger partial charge in [-0.3, -0.25) is 19.9 Å². The second-order valence-electron chi connectivity index (χ2n) is 8.24. The maximum Gasteiger partial charge on any atom is 0.425 e. The third kappa shape index (κ3) is 7.47. The average molecular weight is 519 g/mol. The predicted octanol–water partition coefficient (Wildman–Crippen LogP) is -1.52. The summed E-state index contributed by atoms with van der Waals surface area (Å²) in [5.74, 6) is -3.11. The van der Waals surface area contributed by atoms with Crippen LogP contribution in [0, 0.1) is 0 Å². The van der Waals surface area contributed by atoms with Crippen molar-refractivity contribution in [2.75, 3.05) is 39.3 Å². The Hall–Kier alpha value is -4.53. The SMILES string of the molecule is O=C(O)CC(NC(=O)C[N+]1(CCCNC2=NCCN2)C(=O)CNC1=O)NC(=O)OC(=O)c1ccccc1. The van der Waals surface area contributed by atoms with Gasteiger partial charge in [-0.25, -0.2) is 19.2 Å². The van der Waals surface area contributed by atoms with Crippen LogP contribution in [0.4, 0.5) is 9.59 Å². The van der Waals surface area contributed by atoms with E-state index in [9.17, 15) is 28.8 Å². The second-order valence-corrected chi connectivity index (χ2v) is 8.24. The number of nitrogens with one attached hydrogen (secondary N) is 5. The Morgan fingerprint density at radius 2 is 1.86 bits per heavy atom. The molecule has 2 atom stereocenters. The van der Waals surface area contributed by atoms with Crippen LogP contribution in [0.15, 0.2) is 35.3 Å². The maximum absolute atomic E-state index is 12.8. The third-order valence-corrected chi connectivity index (χ3v) is 5.55. The largest absolute Gasteiger partial charge is 0.481 e. The maximum atomic E-state index is 12.8. The molecule has 3 rings (SSSR count). The van der Waals surface area contributed by atoms with Crippen LogP contribution in [-0.4, -0.2) is 96.9 Å². The lowest BCUT2D eigenvalue weighted by Gasteiger charge is -2.27. The number of rotatable bonds is 11. The van der Waals surface area contributed by atoms with Crippen LogP contribution in [0.2, 0.25) is 0 Å². The minimum absolute atomic E-state index is 0.00299. The number of benzene rings is 1. The van der Waals surface area contributed by atoms with Gasteiger partial charge in [-0.05, 0) is 12.1 Å². The first kappa shape index (κ1) is 27.1. The van der Waals surface area contributed by atoms with Gasteiger partial charge in [0.15, 0.2) is 12.5 Å². The molecule has 0 aliphatic carbocycles. The van der Waals surface area contributed by atoms with Crippen LogP contribution in [0.25, 0.3) is 0 Å². The number of quaternary nitrogens is 1. The van der Waals surface area contributed by atoms with Gasteiger partial charge < -0.3 is 31.1 Å². The highest BCUT2D eigenvalue weighted by Crippen LogP contribution is 2.15. The van der Waals surface area contributed by atoms with Crippen molar-refractivity contribution in [3.63, 3.8) is 0 Å². The van der Waals surface area contributed by atoms with Crippen LogP contribution < -0.4 is 26.6 Å². The van der Waals surface area contributed by atoms with Crippen molar-refractivity contribution in [3.05, 3.63) is 35.9 Å². The van der Waals surface area contributed by atoms with E-state index in [0.29, 0.717) is 32.0 Å². The zero-order valence-corrected chi connectivity index (χ0v) is 19.8.